The number of benzene rings is 3. The van der Waals surface area contributed by atoms with Crippen LogP contribution in [0.3, 0.4) is 0 Å². The lowest BCUT2D eigenvalue weighted by atomic mass is 9.91. The summed E-state index contributed by atoms with van der Waals surface area (Å²) in [6.45, 7) is 2.61. The van der Waals surface area contributed by atoms with E-state index in [1.54, 1.807) is 38.1 Å². The van der Waals surface area contributed by atoms with Gasteiger partial charge in [-0.25, -0.2) is 0 Å². The SMILES string of the molecule is CC(C)CC(O)(Cn1ccc(=O)c2ccccc21)C(F)(F)F.c1ccc(-c2ccccc2)cc1. The molecule has 3 aromatic carbocycles. The highest BCUT2D eigenvalue weighted by Gasteiger charge is 2.53. The van der Waals surface area contributed by atoms with Gasteiger partial charge in [-0.1, -0.05) is 86.6 Å². The summed E-state index contributed by atoms with van der Waals surface area (Å²) in [5.41, 5.74) is -0.164. The average Bonchev–Trinajstić information content (AvgIpc) is 2.81. The Morgan fingerprint density at radius 3 is 1.79 bits per heavy atom. The molecular formula is C28H28F3NO2. The van der Waals surface area contributed by atoms with Crippen LogP contribution >= 0.6 is 0 Å². The second kappa shape index (κ2) is 10.7. The van der Waals surface area contributed by atoms with Gasteiger partial charge in [-0.2, -0.15) is 13.2 Å². The fourth-order valence-electron chi connectivity index (χ4n) is 3.89. The smallest absolute Gasteiger partial charge is 0.379 e. The lowest BCUT2D eigenvalue weighted by molar-refractivity contribution is -0.270. The van der Waals surface area contributed by atoms with Crippen LogP contribution in [0, 0.1) is 5.92 Å². The summed E-state index contributed by atoms with van der Waals surface area (Å²) < 4.78 is 41.2. The van der Waals surface area contributed by atoms with E-state index in [9.17, 15) is 23.1 Å². The van der Waals surface area contributed by atoms with E-state index in [4.69, 9.17) is 0 Å². The van der Waals surface area contributed by atoms with Crippen molar-refractivity contribution >= 4 is 10.9 Å². The monoisotopic (exact) mass is 467 g/mol. The molecule has 1 aromatic heterocycles. The van der Waals surface area contributed by atoms with Crippen LogP contribution in [-0.2, 0) is 6.54 Å². The molecule has 0 saturated carbocycles. The maximum Gasteiger partial charge on any atom is 0.418 e. The molecule has 1 heterocycles. The first-order valence-electron chi connectivity index (χ1n) is 11.1. The van der Waals surface area contributed by atoms with Crippen LogP contribution in [0.1, 0.15) is 20.3 Å². The van der Waals surface area contributed by atoms with Crippen molar-refractivity contribution in [2.24, 2.45) is 5.92 Å². The van der Waals surface area contributed by atoms with Gasteiger partial charge in [-0.15, -0.1) is 0 Å². The molecule has 0 aliphatic carbocycles. The molecule has 0 aliphatic rings. The van der Waals surface area contributed by atoms with Crippen molar-refractivity contribution in [3.63, 3.8) is 0 Å². The summed E-state index contributed by atoms with van der Waals surface area (Å²) in [6.07, 6.45) is -3.86. The summed E-state index contributed by atoms with van der Waals surface area (Å²) in [4.78, 5) is 11.8. The molecule has 0 bridgehead atoms. The molecule has 0 saturated heterocycles. The van der Waals surface area contributed by atoms with Gasteiger partial charge in [0.25, 0.3) is 0 Å². The summed E-state index contributed by atoms with van der Waals surface area (Å²) >= 11 is 0. The maximum atomic E-state index is 13.3. The largest absolute Gasteiger partial charge is 0.418 e. The van der Waals surface area contributed by atoms with E-state index in [2.05, 4.69) is 48.5 Å². The molecule has 4 rings (SSSR count). The van der Waals surface area contributed by atoms with Crippen LogP contribution < -0.4 is 5.43 Å². The topological polar surface area (TPSA) is 42.2 Å². The van der Waals surface area contributed by atoms with Crippen molar-refractivity contribution in [1.29, 1.82) is 0 Å². The van der Waals surface area contributed by atoms with E-state index in [1.807, 2.05) is 12.1 Å². The Balaban J connectivity index is 0.000000226. The lowest BCUT2D eigenvalue weighted by Crippen LogP contribution is -2.49. The highest BCUT2D eigenvalue weighted by Crippen LogP contribution is 2.37. The highest BCUT2D eigenvalue weighted by atomic mass is 19.4. The van der Waals surface area contributed by atoms with Gasteiger partial charge in [0.15, 0.2) is 11.0 Å². The van der Waals surface area contributed by atoms with Crippen molar-refractivity contribution in [3.8, 4) is 11.1 Å². The van der Waals surface area contributed by atoms with Gasteiger partial charge in [-0.3, -0.25) is 4.79 Å². The Bertz CT molecular complexity index is 1210. The first kappa shape index (κ1) is 25.2. The van der Waals surface area contributed by atoms with Crippen molar-refractivity contribution in [3.05, 3.63) is 107 Å². The minimum Gasteiger partial charge on any atom is -0.379 e. The zero-order valence-electron chi connectivity index (χ0n) is 19.2. The van der Waals surface area contributed by atoms with Crippen LogP contribution in [0.25, 0.3) is 22.0 Å². The first-order chi connectivity index (χ1) is 16.1. The van der Waals surface area contributed by atoms with Crippen LogP contribution in [0.4, 0.5) is 13.2 Å². The second-order valence-electron chi connectivity index (χ2n) is 8.68. The number of rotatable bonds is 5. The molecule has 4 aromatic rings. The molecule has 0 amide bonds. The lowest BCUT2D eigenvalue weighted by Gasteiger charge is -2.33. The Labute approximate surface area is 197 Å². The van der Waals surface area contributed by atoms with E-state index in [0.717, 1.165) is 0 Å². The molecule has 0 aliphatic heterocycles. The van der Waals surface area contributed by atoms with Gasteiger partial charge in [-0.05, 0) is 35.6 Å². The number of hydrogen-bond donors (Lipinski definition) is 1. The Hall–Kier alpha value is -3.38. The second-order valence-corrected chi connectivity index (χ2v) is 8.68. The predicted molar refractivity (Wildman–Crippen MR) is 131 cm³/mol. The number of nitrogens with zero attached hydrogens (tertiary/aromatic N) is 1. The van der Waals surface area contributed by atoms with Crippen LogP contribution in [0.2, 0.25) is 0 Å². The standard InChI is InChI=1S/C16H18F3NO2.C12H10/c1-11(2)9-15(22,16(17,18)19)10-20-8-7-14(21)12-5-3-4-6-13(12)20;1-3-7-11(8-4-1)12-9-5-2-6-10-12/h3-8,11,22H,9-10H2,1-2H3;1-10H. The number of alkyl halides is 3. The van der Waals surface area contributed by atoms with E-state index in [0.29, 0.717) is 10.9 Å². The highest BCUT2D eigenvalue weighted by molar-refractivity contribution is 5.78. The van der Waals surface area contributed by atoms with Crippen LogP contribution in [0.5, 0.6) is 0 Å². The third kappa shape index (κ3) is 6.14. The van der Waals surface area contributed by atoms with Crippen molar-refractivity contribution in [1.82, 2.24) is 4.57 Å². The first-order valence-corrected chi connectivity index (χ1v) is 11.1. The van der Waals surface area contributed by atoms with E-state index in [-0.39, 0.29) is 11.3 Å². The minimum absolute atomic E-state index is 0.258. The molecule has 1 N–H and O–H groups in total. The number of aromatic nitrogens is 1. The van der Waals surface area contributed by atoms with Gasteiger partial charge >= 0.3 is 6.18 Å². The van der Waals surface area contributed by atoms with Crippen molar-refractivity contribution < 1.29 is 18.3 Å². The number of aliphatic hydroxyl groups is 1. The van der Waals surface area contributed by atoms with Crippen LogP contribution in [0.15, 0.2) is 102 Å². The summed E-state index contributed by atoms with van der Waals surface area (Å²) in [6, 6.07) is 28.4. The molecule has 0 fully saturated rings. The quantitative estimate of drug-likeness (QED) is 0.355. The van der Waals surface area contributed by atoms with Gasteiger partial charge in [0.05, 0.1) is 12.1 Å². The summed E-state index contributed by atoms with van der Waals surface area (Å²) in [7, 11) is 0. The molecule has 6 heteroatoms. The summed E-state index contributed by atoms with van der Waals surface area (Å²) in [5, 5.41) is 10.5. The van der Waals surface area contributed by atoms with Gasteiger partial charge in [0.2, 0.25) is 0 Å². The van der Waals surface area contributed by atoms with Gasteiger partial charge in [0.1, 0.15) is 0 Å². The zero-order chi connectivity index (χ0) is 24.8. The number of para-hydroxylation sites is 1. The molecular weight excluding hydrogens is 439 g/mol. The fraction of sp³-hybridized carbons (Fsp3) is 0.250. The Morgan fingerprint density at radius 2 is 1.29 bits per heavy atom. The third-order valence-corrected chi connectivity index (χ3v) is 5.47. The van der Waals surface area contributed by atoms with E-state index in [1.165, 1.54) is 28.0 Å². The van der Waals surface area contributed by atoms with Crippen LogP contribution in [-0.4, -0.2) is 21.5 Å². The van der Waals surface area contributed by atoms with Gasteiger partial charge in [0, 0.05) is 17.6 Å². The number of fused-ring (bicyclic) bond motifs is 1. The molecule has 1 unspecified atom stereocenters. The Kier molecular flexibility index (Phi) is 7.94. The zero-order valence-corrected chi connectivity index (χ0v) is 19.2. The number of hydrogen-bond acceptors (Lipinski definition) is 2. The molecule has 1 atom stereocenters. The normalized spacial score (nSPS) is 13.3. The molecule has 0 spiro atoms. The van der Waals surface area contributed by atoms with Gasteiger partial charge < -0.3 is 9.67 Å². The van der Waals surface area contributed by atoms with Crippen molar-refractivity contribution in [2.75, 3.05) is 0 Å². The van der Waals surface area contributed by atoms with Crippen molar-refractivity contribution in [2.45, 2.75) is 38.6 Å². The summed E-state index contributed by atoms with van der Waals surface area (Å²) in [5.74, 6) is -0.322. The molecule has 3 nitrogen and oxygen atoms in total. The van der Waals surface area contributed by atoms with E-state index < -0.39 is 24.7 Å². The maximum absolute atomic E-state index is 13.3. The number of pyridine rings is 1. The molecule has 34 heavy (non-hydrogen) atoms. The predicted octanol–water partition coefficient (Wildman–Crippen LogP) is 6.69. The third-order valence-electron chi connectivity index (χ3n) is 5.47. The molecule has 178 valence electrons. The molecule has 0 radical (unpaired) electrons. The minimum atomic E-state index is -4.75. The fourth-order valence-corrected chi connectivity index (χ4v) is 3.89. The average molecular weight is 468 g/mol. The number of halogens is 3. The Morgan fingerprint density at radius 1 is 0.794 bits per heavy atom. The van der Waals surface area contributed by atoms with E-state index >= 15 is 0 Å².